The predicted molar refractivity (Wildman–Crippen MR) is 58.8 cm³/mol. The highest BCUT2D eigenvalue weighted by molar-refractivity contribution is 9.10. The van der Waals surface area contributed by atoms with Crippen LogP contribution in [0.15, 0.2) is 18.3 Å². The second kappa shape index (κ2) is 3.16. The van der Waals surface area contributed by atoms with Gasteiger partial charge in [0.05, 0.1) is 10.5 Å². The molecule has 1 aliphatic rings. The number of carbonyl (C=O) groups excluding carboxylic acids is 1. The molecular formula is C11H12BrNO. The van der Waals surface area contributed by atoms with E-state index in [2.05, 4.69) is 34.8 Å². The van der Waals surface area contributed by atoms with Gasteiger partial charge in [-0.3, -0.25) is 9.78 Å². The maximum Gasteiger partial charge on any atom is 0.178 e. The maximum atomic E-state index is 11.9. The van der Waals surface area contributed by atoms with E-state index in [4.69, 9.17) is 0 Å². The van der Waals surface area contributed by atoms with Gasteiger partial charge in [0, 0.05) is 11.8 Å². The molecule has 3 heteroatoms. The van der Waals surface area contributed by atoms with Crippen molar-refractivity contribution in [2.24, 2.45) is 5.41 Å². The Bertz CT molecular complexity index is 387. The molecular weight excluding hydrogens is 242 g/mol. The fourth-order valence-corrected chi connectivity index (χ4v) is 2.22. The highest BCUT2D eigenvalue weighted by Gasteiger charge is 2.39. The zero-order valence-corrected chi connectivity index (χ0v) is 9.84. The van der Waals surface area contributed by atoms with Gasteiger partial charge in [-0.05, 0) is 24.0 Å². The molecule has 14 heavy (non-hydrogen) atoms. The Morgan fingerprint density at radius 3 is 3.00 bits per heavy atom. The van der Waals surface area contributed by atoms with Crippen molar-refractivity contribution in [3.05, 3.63) is 29.6 Å². The second-order valence-electron chi connectivity index (χ2n) is 4.39. The van der Waals surface area contributed by atoms with Gasteiger partial charge in [-0.15, -0.1) is 0 Å². The topological polar surface area (TPSA) is 30.0 Å². The molecule has 0 saturated heterocycles. The number of halogens is 1. The number of hydrogen-bond acceptors (Lipinski definition) is 2. The monoisotopic (exact) mass is 253 g/mol. The summed E-state index contributed by atoms with van der Waals surface area (Å²) < 4.78 is 0. The van der Waals surface area contributed by atoms with Crippen molar-refractivity contribution in [2.45, 2.75) is 25.1 Å². The Hall–Kier alpha value is -0.700. The lowest BCUT2D eigenvalue weighted by Crippen LogP contribution is -2.39. The lowest BCUT2D eigenvalue weighted by atomic mass is 9.75. The van der Waals surface area contributed by atoms with Gasteiger partial charge in [-0.25, -0.2) is 0 Å². The van der Waals surface area contributed by atoms with Gasteiger partial charge >= 0.3 is 0 Å². The first-order valence-corrected chi connectivity index (χ1v) is 5.56. The average molecular weight is 254 g/mol. The number of ketones is 1. The summed E-state index contributed by atoms with van der Waals surface area (Å²) >= 11 is 3.47. The molecule has 2 rings (SSSR count). The normalized spacial score (nSPS) is 24.5. The highest BCUT2D eigenvalue weighted by atomic mass is 79.9. The number of pyridine rings is 1. The van der Waals surface area contributed by atoms with Crippen molar-refractivity contribution in [1.29, 1.82) is 0 Å². The van der Waals surface area contributed by atoms with Gasteiger partial charge in [0.15, 0.2) is 5.78 Å². The largest absolute Gasteiger partial charge is 0.293 e. The summed E-state index contributed by atoms with van der Waals surface area (Å²) in [6.07, 6.45) is 2.60. The first-order chi connectivity index (χ1) is 6.52. The summed E-state index contributed by atoms with van der Waals surface area (Å²) in [5.74, 6) is 0.157. The van der Waals surface area contributed by atoms with E-state index in [0.29, 0.717) is 0 Å². The summed E-state index contributed by atoms with van der Waals surface area (Å²) in [6, 6.07) is 3.67. The standard InChI is InChI=1S/C11H12BrNO/c1-11(2)6-8-7(4-3-5-13-8)9(14)10(11)12/h3-5,10H,6H2,1-2H3/t10-/m0/s1. The van der Waals surface area contributed by atoms with Crippen LogP contribution in [0.25, 0.3) is 0 Å². The van der Waals surface area contributed by atoms with Crippen molar-refractivity contribution in [2.75, 3.05) is 0 Å². The highest BCUT2D eigenvalue weighted by Crippen LogP contribution is 2.38. The number of fused-ring (bicyclic) bond motifs is 1. The minimum atomic E-state index is -0.0910. The van der Waals surface area contributed by atoms with Crippen molar-refractivity contribution >= 4 is 21.7 Å². The van der Waals surface area contributed by atoms with E-state index in [1.54, 1.807) is 6.20 Å². The molecule has 0 spiro atoms. The summed E-state index contributed by atoms with van der Waals surface area (Å²) in [5.41, 5.74) is 1.66. The summed E-state index contributed by atoms with van der Waals surface area (Å²) in [6.45, 7) is 4.17. The molecule has 0 radical (unpaired) electrons. The van der Waals surface area contributed by atoms with E-state index in [9.17, 15) is 4.79 Å². The summed E-state index contributed by atoms with van der Waals surface area (Å²) in [4.78, 5) is 16.1. The molecule has 1 aromatic rings. The predicted octanol–water partition coefficient (Wildman–Crippen LogP) is 2.61. The van der Waals surface area contributed by atoms with Crippen molar-refractivity contribution in [3.63, 3.8) is 0 Å². The zero-order chi connectivity index (χ0) is 10.3. The molecule has 0 aliphatic heterocycles. The minimum absolute atomic E-state index is 0.0432. The van der Waals surface area contributed by atoms with Crippen molar-refractivity contribution in [3.8, 4) is 0 Å². The third kappa shape index (κ3) is 1.40. The van der Waals surface area contributed by atoms with Crippen molar-refractivity contribution in [1.82, 2.24) is 4.98 Å². The van der Waals surface area contributed by atoms with Gasteiger partial charge < -0.3 is 0 Å². The van der Waals surface area contributed by atoms with E-state index < -0.39 is 0 Å². The van der Waals surface area contributed by atoms with Crippen LogP contribution in [0.3, 0.4) is 0 Å². The molecule has 0 aromatic carbocycles. The molecule has 2 nitrogen and oxygen atoms in total. The first-order valence-electron chi connectivity index (χ1n) is 4.64. The van der Waals surface area contributed by atoms with E-state index >= 15 is 0 Å². The van der Waals surface area contributed by atoms with E-state index in [1.807, 2.05) is 12.1 Å². The molecule has 0 N–H and O–H groups in total. The molecule has 0 fully saturated rings. The summed E-state index contributed by atoms with van der Waals surface area (Å²) in [5, 5.41) is 0. The first kappa shape index (κ1) is 9.84. The van der Waals surface area contributed by atoms with Crippen molar-refractivity contribution < 1.29 is 4.79 Å². The fourth-order valence-electron chi connectivity index (χ4n) is 1.82. The lowest BCUT2D eigenvalue weighted by molar-refractivity contribution is 0.0927. The lowest BCUT2D eigenvalue weighted by Gasteiger charge is -2.34. The van der Waals surface area contributed by atoms with E-state index in [1.165, 1.54) is 0 Å². The molecule has 1 atom stereocenters. The third-order valence-electron chi connectivity index (χ3n) is 2.70. The average Bonchev–Trinajstić information content (AvgIpc) is 2.14. The molecule has 0 unspecified atom stereocenters. The number of Topliss-reactive ketones (excluding diaryl/α,β-unsaturated/α-hetero) is 1. The molecule has 1 heterocycles. The quantitative estimate of drug-likeness (QED) is 0.666. The number of alkyl halides is 1. The second-order valence-corrected chi connectivity index (χ2v) is 5.31. The third-order valence-corrected chi connectivity index (χ3v) is 4.35. The van der Waals surface area contributed by atoms with Gasteiger partial charge in [0.2, 0.25) is 0 Å². The Morgan fingerprint density at radius 1 is 1.57 bits per heavy atom. The smallest absolute Gasteiger partial charge is 0.178 e. The van der Waals surface area contributed by atoms with Crippen LogP contribution < -0.4 is 0 Å². The molecule has 1 aliphatic carbocycles. The fraction of sp³-hybridized carbons (Fsp3) is 0.455. The van der Waals surface area contributed by atoms with Gasteiger partial charge in [-0.2, -0.15) is 0 Å². The van der Waals surface area contributed by atoms with Crippen LogP contribution in [0.5, 0.6) is 0 Å². The van der Waals surface area contributed by atoms with E-state index in [0.717, 1.165) is 17.7 Å². The minimum Gasteiger partial charge on any atom is -0.293 e. The number of aromatic nitrogens is 1. The van der Waals surface area contributed by atoms with Crippen LogP contribution in [0.4, 0.5) is 0 Å². The van der Waals surface area contributed by atoms with Crippen LogP contribution in [-0.2, 0) is 6.42 Å². The number of rotatable bonds is 0. The van der Waals surface area contributed by atoms with Gasteiger partial charge in [0.25, 0.3) is 0 Å². The molecule has 74 valence electrons. The van der Waals surface area contributed by atoms with E-state index in [-0.39, 0.29) is 16.0 Å². The summed E-state index contributed by atoms with van der Waals surface area (Å²) in [7, 11) is 0. The van der Waals surface area contributed by atoms with Crippen LogP contribution in [0, 0.1) is 5.41 Å². The molecule has 1 aromatic heterocycles. The Labute approximate surface area is 91.9 Å². The SMILES string of the molecule is CC1(C)Cc2ncccc2C(=O)[C@@H]1Br. The number of hydrogen-bond donors (Lipinski definition) is 0. The van der Waals surface area contributed by atoms with Gasteiger partial charge in [-0.1, -0.05) is 29.8 Å². The Kier molecular flexibility index (Phi) is 2.22. The van der Waals surface area contributed by atoms with Gasteiger partial charge in [0.1, 0.15) is 0 Å². The zero-order valence-electron chi connectivity index (χ0n) is 8.25. The Morgan fingerprint density at radius 2 is 2.29 bits per heavy atom. The molecule has 0 amide bonds. The molecule has 0 saturated carbocycles. The van der Waals surface area contributed by atoms with Crippen LogP contribution in [0.1, 0.15) is 29.9 Å². The molecule has 0 bridgehead atoms. The van der Waals surface area contributed by atoms with Crippen LogP contribution >= 0.6 is 15.9 Å². The Balaban J connectivity index is 2.54. The van der Waals surface area contributed by atoms with Crippen LogP contribution in [-0.4, -0.2) is 15.6 Å². The number of carbonyl (C=O) groups is 1. The number of nitrogens with zero attached hydrogens (tertiary/aromatic N) is 1. The van der Waals surface area contributed by atoms with Crippen LogP contribution in [0.2, 0.25) is 0 Å². The maximum absolute atomic E-state index is 11.9.